The van der Waals surface area contributed by atoms with E-state index in [0.717, 1.165) is 11.6 Å². The molecule has 0 fully saturated rings. The number of aromatic hydroxyl groups is 1. The number of nitro groups is 1. The second kappa shape index (κ2) is 9.67. The van der Waals surface area contributed by atoms with Gasteiger partial charge in [0.15, 0.2) is 0 Å². The summed E-state index contributed by atoms with van der Waals surface area (Å²) in [5.74, 6) is -0.913. The Morgan fingerprint density at radius 3 is 2.61 bits per heavy atom. The van der Waals surface area contributed by atoms with E-state index in [-0.39, 0.29) is 12.2 Å². The summed E-state index contributed by atoms with van der Waals surface area (Å²) in [6.45, 7) is 0.250. The van der Waals surface area contributed by atoms with Crippen LogP contribution in [0.15, 0.2) is 71.8 Å². The van der Waals surface area contributed by atoms with Crippen molar-refractivity contribution in [2.45, 2.75) is 6.61 Å². The van der Waals surface area contributed by atoms with E-state index in [1.807, 2.05) is 12.1 Å². The normalized spacial score (nSPS) is 10.4. The largest absolute Gasteiger partial charge is 0.502 e. The van der Waals surface area contributed by atoms with Crippen LogP contribution in [0, 0.1) is 21.4 Å². The zero-order chi connectivity index (χ0) is 22.2. The highest BCUT2D eigenvalue weighted by atomic mass is 16.6. The van der Waals surface area contributed by atoms with E-state index in [1.165, 1.54) is 18.3 Å². The van der Waals surface area contributed by atoms with E-state index in [0.29, 0.717) is 16.9 Å². The monoisotopic (exact) mass is 416 g/mol. The molecule has 3 aromatic carbocycles. The number of nitro benzene ring substituents is 1. The number of carbonyl (C=O) groups excluding carboxylic acids is 1. The first-order valence-electron chi connectivity index (χ1n) is 9.00. The van der Waals surface area contributed by atoms with Crippen LogP contribution in [0.25, 0.3) is 0 Å². The molecule has 0 unspecified atom stereocenters. The fourth-order valence-electron chi connectivity index (χ4n) is 2.65. The molecule has 0 aliphatic heterocycles. The minimum Gasteiger partial charge on any atom is -0.502 e. The van der Waals surface area contributed by atoms with Crippen molar-refractivity contribution in [2.75, 3.05) is 0 Å². The predicted octanol–water partition coefficient (Wildman–Crippen LogP) is 3.51. The van der Waals surface area contributed by atoms with Gasteiger partial charge in [0.2, 0.25) is 5.75 Å². The zero-order valence-corrected chi connectivity index (χ0v) is 16.1. The van der Waals surface area contributed by atoms with Crippen LogP contribution in [0.1, 0.15) is 27.0 Å². The molecule has 0 radical (unpaired) electrons. The van der Waals surface area contributed by atoms with E-state index in [1.54, 1.807) is 36.4 Å². The molecule has 0 saturated carbocycles. The van der Waals surface area contributed by atoms with Crippen LogP contribution < -0.4 is 10.2 Å². The number of rotatable bonds is 7. The number of nitriles is 1. The van der Waals surface area contributed by atoms with E-state index in [9.17, 15) is 20.0 Å². The van der Waals surface area contributed by atoms with Crippen LogP contribution in [0.3, 0.4) is 0 Å². The number of nitrogens with zero attached hydrogens (tertiary/aromatic N) is 3. The number of para-hydroxylation sites is 1. The van der Waals surface area contributed by atoms with Gasteiger partial charge in [-0.1, -0.05) is 24.3 Å². The first kappa shape index (κ1) is 21.0. The first-order chi connectivity index (χ1) is 15.0. The number of hydrazone groups is 1. The molecule has 0 aromatic heterocycles. The van der Waals surface area contributed by atoms with E-state index >= 15 is 0 Å². The third-order valence-electron chi connectivity index (χ3n) is 4.25. The van der Waals surface area contributed by atoms with Crippen LogP contribution in [0.2, 0.25) is 0 Å². The summed E-state index contributed by atoms with van der Waals surface area (Å²) in [6.07, 6.45) is 1.38. The Bertz CT molecular complexity index is 1180. The molecule has 154 valence electrons. The highest BCUT2D eigenvalue weighted by Gasteiger charge is 2.20. The lowest BCUT2D eigenvalue weighted by atomic mass is 10.1. The number of phenolic OH excluding ortho intramolecular Hbond substituents is 1. The minimum atomic E-state index is -0.784. The SMILES string of the molecule is N#Cc1ccccc1COc1ccc(/C=N\NC(=O)c2cccc([N+](=O)[O-])c2O)cc1. The highest BCUT2D eigenvalue weighted by molar-refractivity contribution is 5.98. The number of nitrogens with one attached hydrogen (secondary N) is 1. The van der Waals surface area contributed by atoms with Crippen LogP contribution in [-0.2, 0) is 6.61 Å². The molecule has 0 heterocycles. The van der Waals surface area contributed by atoms with Crippen molar-refractivity contribution in [3.8, 4) is 17.6 Å². The summed E-state index contributed by atoms with van der Waals surface area (Å²) in [6, 6.07) is 19.8. The average Bonchev–Trinajstić information content (AvgIpc) is 2.78. The molecule has 3 rings (SSSR count). The second-order valence-electron chi connectivity index (χ2n) is 6.26. The lowest BCUT2D eigenvalue weighted by Crippen LogP contribution is -2.18. The molecule has 31 heavy (non-hydrogen) atoms. The standard InChI is InChI=1S/C22H16N4O5/c23-12-16-4-1-2-5-17(16)14-31-18-10-8-15(9-11-18)13-24-25-22(28)19-6-3-7-20(21(19)27)26(29)30/h1-11,13,27H,14H2,(H,25,28)/b24-13-. The topological polar surface area (TPSA) is 138 Å². The van der Waals surface area contributed by atoms with Gasteiger partial charge in [-0.25, -0.2) is 5.43 Å². The molecule has 1 amide bonds. The Kier molecular flexibility index (Phi) is 6.55. The van der Waals surface area contributed by atoms with Gasteiger partial charge >= 0.3 is 5.69 Å². The Hall–Kier alpha value is -4.71. The zero-order valence-electron chi connectivity index (χ0n) is 16.1. The number of amides is 1. The number of carbonyl (C=O) groups is 1. The summed E-state index contributed by atoms with van der Waals surface area (Å²) in [7, 11) is 0. The molecule has 0 aliphatic carbocycles. The van der Waals surface area contributed by atoms with Crippen molar-refractivity contribution >= 4 is 17.8 Å². The van der Waals surface area contributed by atoms with E-state index in [2.05, 4.69) is 16.6 Å². The molecular formula is C22H16N4O5. The molecule has 9 heteroatoms. The van der Waals surface area contributed by atoms with Gasteiger partial charge in [-0.2, -0.15) is 10.4 Å². The van der Waals surface area contributed by atoms with Crippen molar-refractivity contribution < 1.29 is 19.6 Å². The number of hydrogen-bond acceptors (Lipinski definition) is 7. The lowest BCUT2D eigenvalue weighted by Gasteiger charge is -2.07. The van der Waals surface area contributed by atoms with Gasteiger partial charge in [0, 0.05) is 11.6 Å². The maximum atomic E-state index is 12.1. The molecule has 0 spiro atoms. The fraction of sp³-hybridized carbons (Fsp3) is 0.0455. The smallest absolute Gasteiger partial charge is 0.311 e. The summed E-state index contributed by atoms with van der Waals surface area (Å²) < 4.78 is 5.69. The van der Waals surface area contributed by atoms with E-state index < -0.39 is 22.3 Å². The summed E-state index contributed by atoms with van der Waals surface area (Å²) in [4.78, 5) is 22.2. The third-order valence-corrected chi connectivity index (χ3v) is 4.25. The summed E-state index contributed by atoms with van der Waals surface area (Å²) in [5.41, 5.74) is 3.39. The molecule has 0 aliphatic rings. The minimum absolute atomic E-state index is 0.250. The number of phenols is 1. The van der Waals surface area contributed by atoms with Crippen molar-refractivity contribution in [3.63, 3.8) is 0 Å². The van der Waals surface area contributed by atoms with Gasteiger partial charge in [0.1, 0.15) is 12.4 Å². The Morgan fingerprint density at radius 1 is 1.16 bits per heavy atom. The lowest BCUT2D eigenvalue weighted by molar-refractivity contribution is -0.385. The molecule has 3 aromatic rings. The second-order valence-corrected chi connectivity index (χ2v) is 6.26. The van der Waals surface area contributed by atoms with Gasteiger partial charge in [0.25, 0.3) is 5.91 Å². The maximum absolute atomic E-state index is 12.1. The number of ether oxygens (including phenoxy) is 1. The van der Waals surface area contributed by atoms with Gasteiger partial charge in [0.05, 0.1) is 28.3 Å². The molecular weight excluding hydrogens is 400 g/mol. The number of benzene rings is 3. The van der Waals surface area contributed by atoms with Gasteiger partial charge in [-0.15, -0.1) is 0 Å². The van der Waals surface area contributed by atoms with Crippen LogP contribution in [0.5, 0.6) is 11.5 Å². The number of hydrogen-bond donors (Lipinski definition) is 2. The van der Waals surface area contributed by atoms with Gasteiger partial charge in [-0.05, 0) is 42.0 Å². The Balaban J connectivity index is 1.59. The van der Waals surface area contributed by atoms with Crippen molar-refractivity contribution in [3.05, 3.63) is 99.1 Å². The Morgan fingerprint density at radius 2 is 1.90 bits per heavy atom. The summed E-state index contributed by atoms with van der Waals surface area (Å²) in [5, 5.41) is 33.6. The van der Waals surface area contributed by atoms with Crippen LogP contribution in [0.4, 0.5) is 5.69 Å². The van der Waals surface area contributed by atoms with Crippen molar-refractivity contribution in [1.82, 2.24) is 5.43 Å². The molecule has 0 bridgehead atoms. The molecule has 0 saturated heterocycles. The molecule has 2 N–H and O–H groups in total. The fourth-order valence-corrected chi connectivity index (χ4v) is 2.65. The molecule has 0 atom stereocenters. The van der Waals surface area contributed by atoms with Crippen LogP contribution >= 0.6 is 0 Å². The summed E-state index contributed by atoms with van der Waals surface area (Å²) >= 11 is 0. The maximum Gasteiger partial charge on any atom is 0.311 e. The highest BCUT2D eigenvalue weighted by Crippen LogP contribution is 2.29. The average molecular weight is 416 g/mol. The predicted molar refractivity (Wildman–Crippen MR) is 112 cm³/mol. The molecule has 9 nitrogen and oxygen atoms in total. The van der Waals surface area contributed by atoms with Crippen molar-refractivity contribution in [2.24, 2.45) is 5.10 Å². The third kappa shape index (κ3) is 5.21. The van der Waals surface area contributed by atoms with Gasteiger partial charge in [-0.3, -0.25) is 14.9 Å². The van der Waals surface area contributed by atoms with E-state index in [4.69, 9.17) is 10.00 Å². The quantitative estimate of drug-likeness (QED) is 0.343. The van der Waals surface area contributed by atoms with Crippen LogP contribution in [-0.4, -0.2) is 22.2 Å². The first-order valence-corrected chi connectivity index (χ1v) is 9.00. The van der Waals surface area contributed by atoms with Gasteiger partial charge < -0.3 is 9.84 Å². The Labute approximate surface area is 177 Å². The van der Waals surface area contributed by atoms with Crippen molar-refractivity contribution in [1.29, 1.82) is 5.26 Å².